The maximum atomic E-state index is 9.24. The van der Waals surface area contributed by atoms with Crippen molar-refractivity contribution >= 4 is 21.8 Å². The van der Waals surface area contributed by atoms with Gasteiger partial charge in [-0.15, -0.1) is 0 Å². The van der Waals surface area contributed by atoms with Gasteiger partial charge in [0.2, 0.25) is 0 Å². The van der Waals surface area contributed by atoms with Crippen molar-refractivity contribution in [3.63, 3.8) is 0 Å². The average Bonchev–Trinajstić information content (AvgIpc) is 2.89. The summed E-state index contributed by atoms with van der Waals surface area (Å²) in [6, 6.07) is 22.2. The summed E-state index contributed by atoms with van der Waals surface area (Å²) in [5.41, 5.74) is 4.12. The van der Waals surface area contributed by atoms with Gasteiger partial charge < -0.3 is 9.45 Å². The predicted octanol–water partition coefficient (Wildman–Crippen LogP) is 4.94. The Labute approximate surface area is 127 Å². The lowest BCUT2D eigenvalue weighted by atomic mass is 10.2. The third-order valence-corrected chi connectivity index (χ3v) is 4.03. The Hall–Kier alpha value is -2.78. The Morgan fingerprint density at radius 2 is 1.41 bits per heavy atom. The van der Waals surface area contributed by atoms with Gasteiger partial charge in [-0.1, -0.05) is 42.5 Å². The number of hydrogen-bond acceptors (Lipinski definition) is 2. The molecular weight excluding hydrogens is 274 g/mol. The normalized spacial score (nSPS) is 11.2. The van der Waals surface area contributed by atoms with Crippen LogP contribution in [0.25, 0.3) is 27.5 Å². The van der Waals surface area contributed by atoms with Gasteiger partial charge in [0.05, 0.1) is 16.7 Å². The highest BCUT2D eigenvalue weighted by Crippen LogP contribution is 2.35. The van der Waals surface area contributed by atoms with Crippen LogP contribution >= 0.6 is 0 Å². The van der Waals surface area contributed by atoms with E-state index in [1.807, 2.05) is 43.3 Å². The average molecular weight is 289 g/mol. The number of aryl methyl sites for hydroxylation is 1. The number of para-hydroxylation sites is 2. The molecule has 3 heteroatoms. The lowest BCUT2D eigenvalue weighted by molar-refractivity contribution is -0.137. The van der Waals surface area contributed by atoms with Gasteiger partial charge in [-0.25, -0.2) is 5.26 Å². The van der Waals surface area contributed by atoms with Gasteiger partial charge in [0, 0.05) is 10.8 Å². The molecule has 0 aliphatic heterocycles. The molecule has 0 atom stereocenters. The minimum Gasteiger partial charge on any atom is -0.338 e. The molecule has 1 heterocycles. The second-order valence-electron chi connectivity index (χ2n) is 5.43. The smallest absolute Gasteiger partial charge is 0.189 e. The molecule has 0 saturated heterocycles. The second kappa shape index (κ2) is 4.90. The fourth-order valence-electron chi connectivity index (χ4n) is 3.06. The Morgan fingerprint density at radius 3 is 2.00 bits per heavy atom. The number of hydrogen-bond donors (Lipinski definition) is 1. The predicted molar refractivity (Wildman–Crippen MR) is 88.8 cm³/mol. The number of fused-ring (bicyclic) bond motifs is 3. The molecular formula is C19H15NO2. The molecule has 3 nitrogen and oxygen atoms in total. The lowest BCUT2D eigenvalue weighted by Gasteiger charge is -2.12. The molecule has 0 spiro atoms. The summed E-state index contributed by atoms with van der Waals surface area (Å²) in [6.07, 6.45) is 0. The van der Waals surface area contributed by atoms with E-state index in [2.05, 4.69) is 33.7 Å². The van der Waals surface area contributed by atoms with Crippen LogP contribution in [0.2, 0.25) is 0 Å². The number of benzene rings is 3. The van der Waals surface area contributed by atoms with Crippen LogP contribution < -0.4 is 4.89 Å². The van der Waals surface area contributed by atoms with Gasteiger partial charge in [0.25, 0.3) is 0 Å². The SMILES string of the molecule is Cc1ccc(OO)c(-n2c3ccccc3c3ccccc32)c1. The second-order valence-corrected chi connectivity index (χ2v) is 5.43. The van der Waals surface area contributed by atoms with Crippen molar-refractivity contribution in [1.82, 2.24) is 4.57 Å². The summed E-state index contributed by atoms with van der Waals surface area (Å²) in [5.74, 6) is 0.442. The van der Waals surface area contributed by atoms with E-state index < -0.39 is 0 Å². The number of aromatic nitrogens is 1. The first-order chi connectivity index (χ1) is 10.8. The minimum atomic E-state index is 0.442. The van der Waals surface area contributed by atoms with E-state index in [4.69, 9.17) is 0 Å². The maximum absolute atomic E-state index is 9.24. The zero-order valence-corrected chi connectivity index (χ0v) is 12.2. The topological polar surface area (TPSA) is 34.4 Å². The molecule has 0 unspecified atom stereocenters. The number of nitrogens with zero attached hydrogens (tertiary/aromatic N) is 1. The fourth-order valence-corrected chi connectivity index (χ4v) is 3.06. The van der Waals surface area contributed by atoms with Gasteiger partial charge in [0.15, 0.2) is 5.75 Å². The van der Waals surface area contributed by atoms with Crippen molar-refractivity contribution in [2.75, 3.05) is 0 Å². The molecule has 4 rings (SSSR count). The van der Waals surface area contributed by atoms with Crippen LogP contribution in [-0.2, 0) is 0 Å². The summed E-state index contributed by atoms with van der Waals surface area (Å²) in [5, 5.41) is 11.6. The molecule has 3 aromatic carbocycles. The molecule has 0 aliphatic carbocycles. The van der Waals surface area contributed by atoms with E-state index in [1.54, 1.807) is 6.07 Å². The Balaban J connectivity index is 2.20. The Morgan fingerprint density at radius 1 is 0.818 bits per heavy atom. The fraction of sp³-hybridized carbons (Fsp3) is 0.0526. The first-order valence-corrected chi connectivity index (χ1v) is 7.20. The summed E-state index contributed by atoms with van der Waals surface area (Å²) < 4.78 is 2.13. The van der Waals surface area contributed by atoms with E-state index in [0.717, 1.165) is 22.3 Å². The molecule has 1 aromatic heterocycles. The van der Waals surface area contributed by atoms with Crippen molar-refractivity contribution in [2.45, 2.75) is 6.92 Å². The van der Waals surface area contributed by atoms with Crippen molar-refractivity contribution in [3.05, 3.63) is 72.3 Å². The van der Waals surface area contributed by atoms with Crippen LogP contribution in [0.4, 0.5) is 0 Å². The molecule has 1 N–H and O–H groups in total. The summed E-state index contributed by atoms with van der Waals surface area (Å²) in [4.78, 5) is 4.60. The van der Waals surface area contributed by atoms with E-state index in [9.17, 15) is 5.26 Å². The molecule has 0 amide bonds. The van der Waals surface area contributed by atoms with Crippen molar-refractivity contribution in [1.29, 1.82) is 0 Å². The van der Waals surface area contributed by atoms with Crippen molar-refractivity contribution in [3.8, 4) is 11.4 Å². The van der Waals surface area contributed by atoms with Crippen LogP contribution in [0.3, 0.4) is 0 Å². The highest BCUT2D eigenvalue weighted by molar-refractivity contribution is 6.09. The van der Waals surface area contributed by atoms with Gasteiger partial charge in [0.1, 0.15) is 0 Å². The zero-order chi connectivity index (χ0) is 15.1. The van der Waals surface area contributed by atoms with E-state index in [-0.39, 0.29) is 0 Å². The van der Waals surface area contributed by atoms with E-state index in [1.165, 1.54) is 10.8 Å². The summed E-state index contributed by atoms with van der Waals surface area (Å²) >= 11 is 0. The molecule has 0 fully saturated rings. The quantitative estimate of drug-likeness (QED) is 0.419. The van der Waals surface area contributed by atoms with Crippen molar-refractivity contribution < 1.29 is 10.1 Å². The first kappa shape index (κ1) is 12.9. The monoisotopic (exact) mass is 289 g/mol. The standard InChI is InChI=1S/C19H15NO2/c1-13-10-11-19(22-21)18(12-13)20-16-8-4-2-6-14(16)15-7-3-5-9-17(15)20/h2-12,21H,1H3. The minimum absolute atomic E-state index is 0.442. The molecule has 0 bridgehead atoms. The molecule has 22 heavy (non-hydrogen) atoms. The molecule has 0 radical (unpaired) electrons. The van der Waals surface area contributed by atoms with Crippen LogP contribution in [-0.4, -0.2) is 9.82 Å². The van der Waals surface area contributed by atoms with Gasteiger partial charge in [-0.05, 0) is 36.8 Å². The summed E-state index contributed by atoms with van der Waals surface area (Å²) in [7, 11) is 0. The van der Waals surface area contributed by atoms with Crippen LogP contribution in [0.1, 0.15) is 5.56 Å². The highest BCUT2D eigenvalue weighted by atomic mass is 17.1. The van der Waals surface area contributed by atoms with E-state index in [0.29, 0.717) is 5.75 Å². The lowest BCUT2D eigenvalue weighted by Crippen LogP contribution is -1.98. The third-order valence-electron chi connectivity index (χ3n) is 4.03. The zero-order valence-electron chi connectivity index (χ0n) is 12.2. The Bertz CT molecular complexity index is 932. The van der Waals surface area contributed by atoms with Gasteiger partial charge in [-0.3, -0.25) is 0 Å². The molecule has 108 valence electrons. The van der Waals surface area contributed by atoms with Gasteiger partial charge >= 0.3 is 0 Å². The molecule has 0 saturated carbocycles. The Kier molecular flexibility index (Phi) is 2.88. The van der Waals surface area contributed by atoms with E-state index >= 15 is 0 Å². The molecule has 4 aromatic rings. The highest BCUT2D eigenvalue weighted by Gasteiger charge is 2.15. The number of rotatable bonds is 2. The first-order valence-electron chi connectivity index (χ1n) is 7.20. The van der Waals surface area contributed by atoms with Crippen LogP contribution in [0.15, 0.2) is 66.7 Å². The third kappa shape index (κ3) is 1.80. The van der Waals surface area contributed by atoms with Crippen LogP contribution in [0.5, 0.6) is 5.75 Å². The maximum Gasteiger partial charge on any atom is 0.189 e. The van der Waals surface area contributed by atoms with Crippen molar-refractivity contribution in [2.24, 2.45) is 0 Å². The summed E-state index contributed by atoms with van der Waals surface area (Å²) in [6.45, 7) is 2.03. The molecule has 0 aliphatic rings. The van der Waals surface area contributed by atoms with Gasteiger partial charge in [-0.2, -0.15) is 0 Å². The largest absolute Gasteiger partial charge is 0.338 e. The van der Waals surface area contributed by atoms with Crippen LogP contribution in [0, 0.1) is 6.92 Å².